The van der Waals surface area contributed by atoms with E-state index in [1.165, 1.54) is 6.07 Å². The Labute approximate surface area is 166 Å². The van der Waals surface area contributed by atoms with Gasteiger partial charge in [0.2, 0.25) is 0 Å². The van der Waals surface area contributed by atoms with Crippen LogP contribution in [0.5, 0.6) is 0 Å². The molecule has 3 nitrogen and oxygen atoms in total. The van der Waals surface area contributed by atoms with Gasteiger partial charge in [-0.3, -0.25) is 0 Å². The number of hydrogen-bond donors (Lipinski definition) is 0. The molecule has 1 fully saturated rings. The van der Waals surface area contributed by atoms with Crippen LogP contribution in [0.1, 0.15) is 79.3 Å². The largest absolute Gasteiger partial charge is 0.455 e. The third kappa shape index (κ3) is 4.59. The number of esters is 1. The number of unbranched alkanes of at least 4 members (excludes halogenated alkanes) is 1. The Morgan fingerprint density at radius 3 is 2.54 bits per heavy atom. The first kappa shape index (κ1) is 20.1. The zero-order chi connectivity index (χ0) is 20.0. The quantitative estimate of drug-likeness (QED) is 0.566. The molecule has 0 radical (unpaired) electrons. The molecule has 28 heavy (non-hydrogen) atoms. The van der Waals surface area contributed by atoms with Crippen molar-refractivity contribution in [2.45, 2.75) is 63.4 Å². The normalized spacial score (nSPS) is 21.7. The molecule has 0 unspecified atom stereocenters. The summed E-state index contributed by atoms with van der Waals surface area (Å²) in [6.07, 6.45) is 6.16. The molecule has 0 N–H and O–H groups in total. The minimum absolute atomic E-state index is 0.0774. The molecular weight excluding hydrogens is 353 g/mol. The first-order chi connectivity index (χ1) is 13.6. The van der Waals surface area contributed by atoms with E-state index in [1.807, 2.05) is 30.3 Å². The SMILES string of the molecule is CCCCC1(OC(=O)c2ccccc2)CCC(c2ccc(C#N)c(F)c2)CC1. The van der Waals surface area contributed by atoms with Gasteiger partial charge < -0.3 is 4.74 Å². The predicted octanol–water partition coefficient (Wildman–Crippen LogP) is 6.14. The average molecular weight is 379 g/mol. The van der Waals surface area contributed by atoms with Crippen LogP contribution in [0.25, 0.3) is 0 Å². The molecule has 0 amide bonds. The van der Waals surface area contributed by atoms with Crippen molar-refractivity contribution in [1.82, 2.24) is 0 Å². The van der Waals surface area contributed by atoms with Gasteiger partial charge in [-0.05, 0) is 74.3 Å². The molecule has 1 aliphatic carbocycles. The molecule has 1 aliphatic rings. The lowest BCUT2D eigenvalue weighted by Gasteiger charge is -2.40. The summed E-state index contributed by atoms with van der Waals surface area (Å²) < 4.78 is 20.0. The van der Waals surface area contributed by atoms with E-state index in [4.69, 9.17) is 10.00 Å². The second-order valence-electron chi connectivity index (χ2n) is 7.67. The van der Waals surface area contributed by atoms with Crippen molar-refractivity contribution >= 4 is 5.97 Å². The van der Waals surface area contributed by atoms with E-state index in [-0.39, 0.29) is 17.5 Å². The predicted molar refractivity (Wildman–Crippen MR) is 106 cm³/mol. The molecule has 2 aromatic rings. The third-order valence-corrected chi connectivity index (χ3v) is 5.79. The van der Waals surface area contributed by atoms with E-state index in [0.29, 0.717) is 5.56 Å². The van der Waals surface area contributed by atoms with Gasteiger partial charge >= 0.3 is 5.97 Å². The van der Waals surface area contributed by atoms with Gasteiger partial charge in [-0.2, -0.15) is 5.26 Å². The highest BCUT2D eigenvalue weighted by Gasteiger charge is 2.39. The van der Waals surface area contributed by atoms with E-state index < -0.39 is 11.4 Å². The minimum Gasteiger partial charge on any atom is -0.455 e. The molecule has 3 rings (SSSR count). The van der Waals surface area contributed by atoms with Crippen molar-refractivity contribution in [3.05, 3.63) is 71.0 Å². The fourth-order valence-electron chi connectivity index (χ4n) is 4.09. The molecule has 4 heteroatoms. The van der Waals surface area contributed by atoms with Crippen LogP contribution < -0.4 is 0 Å². The maximum absolute atomic E-state index is 14.0. The monoisotopic (exact) mass is 379 g/mol. The zero-order valence-corrected chi connectivity index (χ0v) is 16.3. The summed E-state index contributed by atoms with van der Waals surface area (Å²) in [5.41, 5.74) is 1.14. The van der Waals surface area contributed by atoms with Gasteiger partial charge in [-0.25, -0.2) is 9.18 Å². The standard InChI is InChI=1S/C24H26FNO2/c1-2-3-13-24(28-23(27)19-7-5-4-6-8-19)14-11-18(12-15-24)20-9-10-21(17-26)22(25)16-20/h4-10,16,18H,2-3,11-15H2,1H3. The Hall–Kier alpha value is -2.67. The maximum Gasteiger partial charge on any atom is 0.338 e. The van der Waals surface area contributed by atoms with E-state index in [2.05, 4.69) is 6.92 Å². The van der Waals surface area contributed by atoms with Crippen LogP contribution in [-0.4, -0.2) is 11.6 Å². The summed E-state index contributed by atoms with van der Waals surface area (Å²) in [6.45, 7) is 2.14. The number of nitrogens with zero attached hydrogens (tertiary/aromatic N) is 1. The number of rotatable bonds is 6. The van der Waals surface area contributed by atoms with Crippen LogP contribution in [0, 0.1) is 17.1 Å². The van der Waals surface area contributed by atoms with Gasteiger partial charge in [0.25, 0.3) is 0 Å². The van der Waals surface area contributed by atoms with Crippen molar-refractivity contribution in [3.8, 4) is 6.07 Å². The number of halogens is 1. The summed E-state index contributed by atoms with van der Waals surface area (Å²) >= 11 is 0. The molecule has 0 spiro atoms. The van der Waals surface area contributed by atoms with Crippen LogP contribution >= 0.6 is 0 Å². The van der Waals surface area contributed by atoms with Gasteiger partial charge in [0, 0.05) is 0 Å². The van der Waals surface area contributed by atoms with Gasteiger partial charge in [0.1, 0.15) is 17.5 Å². The molecule has 0 heterocycles. The molecule has 0 aromatic heterocycles. The molecule has 0 saturated heterocycles. The Kier molecular flexibility index (Phi) is 6.46. The third-order valence-electron chi connectivity index (χ3n) is 5.79. The number of carbonyl (C=O) groups excluding carboxylic acids is 1. The minimum atomic E-state index is -0.460. The van der Waals surface area contributed by atoms with Gasteiger partial charge in [0.05, 0.1) is 11.1 Å². The summed E-state index contributed by atoms with van der Waals surface area (Å²) in [6, 6.07) is 15.9. The number of ether oxygens (including phenoxy) is 1. The van der Waals surface area contributed by atoms with Crippen molar-refractivity contribution < 1.29 is 13.9 Å². The highest BCUT2D eigenvalue weighted by molar-refractivity contribution is 5.89. The van der Waals surface area contributed by atoms with Gasteiger partial charge in [-0.1, -0.05) is 37.6 Å². The first-order valence-corrected chi connectivity index (χ1v) is 10.0. The summed E-state index contributed by atoms with van der Waals surface area (Å²) in [7, 11) is 0. The van der Waals surface area contributed by atoms with Gasteiger partial charge in [-0.15, -0.1) is 0 Å². The summed E-state index contributed by atoms with van der Waals surface area (Å²) in [5.74, 6) is -0.495. The Balaban J connectivity index is 1.71. The van der Waals surface area contributed by atoms with E-state index >= 15 is 0 Å². The highest BCUT2D eigenvalue weighted by Crippen LogP contribution is 2.43. The first-order valence-electron chi connectivity index (χ1n) is 10.0. The van der Waals surface area contributed by atoms with Crippen LogP contribution in [-0.2, 0) is 4.74 Å². The van der Waals surface area contributed by atoms with Crippen molar-refractivity contribution in [1.29, 1.82) is 5.26 Å². The van der Waals surface area contributed by atoms with Crippen LogP contribution in [0.4, 0.5) is 4.39 Å². The molecule has 2 aromatic carbocycles. The second kappa shape index (κ2) is 9.01. The lowest BCUT2D eigenvalue weighted by Crippen LogP contribution is -2.39. The second-order valence-corrected chi connectivity index (χ2v) is 7.67. The van der Waals surface area contributed by atoms with E-state index in [9.17, 15) is 9.18 Å². The van der Waals surface area contributed by atoms with Crippen molar-refractivity contribution in [2.75, 3.05) is 0 Å². The Morgan fingerprint density at radius 2 is 1.93 bits per heavy atom. The fraction of sp³-hybridized carbons (Fsp3) is 0.417. The topological polar surface area (TPSA) is 50.1 Å². The number of nitriles is 1. The molecule has 0 bridgehead atoms. The van der Waals surface area contributed by atoms with Crippen molar-refractivity contribution in [3.63, 3.8) is 0 Å². The highest BCUT2D eigenvalue weighted by atomic mass is 19.1. The Bertz CT molecular complexity index is 849. The average Bonchev–Trinajstić information content (AvgIpc) is 2.73. The number of carbonyl (C=O) groups is 1. The molecule has 0 atom stereocenters. The zero-order valence-electron chi connectivity index (χ0n) is 16.3. The summed E-state index contributed by atoms with van der Waals surface area (Å²) in [5, 5.41) is 8.91. The molecule has 1 saturated carbocycles. The fourth-order valence-corrected chi connectivity index (χ4v) is 4.09. The van der Waals surface area contributed by atoms with Crippen LogP contribution in [0.3, 0.4) is 0 Å². The molecule has 146 valence electrons. The van der Waals surface area contributed by atoms with Gasteiger partial charge in [0.15, 0.2) is 0 Å². The lowest BCUT2D eigenvalue weighted by atomic mass is 9.74. The molecule has 0 aliphatic heterocycles. The molecular formula is C24H26FNO2. The van der Waals surface area contributed by atoms with Crippen molar-refractivity contribution in [2.24, 2.45) is 0 Å². The van der Waals surface area contributed by atoms with E-state index in [1.54, 1.807) is 18.2 Å². The summed E-state index contributed by atoms with van der Waals surface area (Å²) in [4.78, 5) is 12.6. The maximum atomic E-state index is 14.0. The number of hydrogen-bond acceptors (Lipinski definition) is 3. The lowest BCUT2D eigenvalue weighted by molar-refractivity contribution is -0.0461. The Morgan fingerprint density at radius 1 is 1.21 bits per heavy atom. The van der Waals surface area contributed by atoms with Crippen LogP contribution in [0.2, 0.25) is 0 Å². The number of benzene rings is 2. The van der Waals surface area contributed by atoms with Crippen LogP contribution in [0.15, 0.2) is 48.5 Å². The van der Waals surface area contributed by atoms with E-state index in [0.717, 1.165) is 50.5 Å². The smallest absolute Gasteiger partial charge is 0.338 e.